The zero-order valence-corrected chi connectivity index (χ0v) is 21.0. The Morgan fingerprint density at radius 3 is 2.84 bits per heavy atom. The normalized spacial score (nSPS) is 15.3. The highest BCUT2D eigenvalue weighted by Crippen LogP contribution is 2.32. The molecule has 0 aliphatic carbocycles. The fourth-order valence-corrected chi connectivity index (χ4v) is 4.98. The maximum absolute atomic E-state index is 13.2. The molecule has 2 aromatic carbocycles. The summed E-state index contributed by atoms with van der Waals surface area (Å²) in [4.78, 5) is 39.3. The molecule has 7 nitrogen and oxygen atoms in total. The van der Waals surface area contributed by atoms with E-state index >= 15 is 0 Å². The number of anilines is 1. The zero-order chi connectivity index (χ0) is 25.8. The summed E-state index contributed by atoms with van der Waals surface area (Å²) in [5.74, 6) is 0.631. The van der Waals surface area contributed by atoms with Gasteiger partial charge in [0.25, 0.3) is 11.8 Å². The molecule has 0 spiro atoms. The van der Waals surface area contributed by atoms with Crippen molar-refractivity contribution in [2.75, 3.05) is 18.4 Å². The van der Waals surface area contributed by atoms with Crippen molar-refractivity contribution in [1.82, 2.24) is 19.9 Å². The summed E-state index contributed by atoms with van der Waals surface area (Å²) in [6.07, 6.45) is 7.40. The van der Waals surface area contributed by atoms with Gasteiger partial charge < -0.3 is 15.2 Å². The number of piperidine rings is 1. The molecule has 186 valence electrons. The Bertz CT molecular complexity index is 1500. The molecule has 1 atom stereocenters. The molecular formula is C29H26ClN5O2. The molecule has 2 N–H and O–H groups in total. The Hall–Kier alpha value is -4.19. The Kier molecular flexibility index (Phi) is 7.17. The third-order valence-corrected chi connectivity index (χ3v) is 6.82. The lowest BCUT2D eigenvalue weighted by Crippen LogP contribution is -2.40. The fraction of sp³-hybridized carbons (Fsp3) is 0.207. The van der Waals surface area contributed by atoms with Gasteiger partial charge in [-0.25, -0.2) is 9.97 Å². The lowest BCUT2D eigenvalue weighted by Gasteiger charge is -2.32. The van der Waals surface area contributed by atoms with Crippen LogP contribution in [0.1, 0.15) is 29.0 Å². The average Bonchev–Trinajstić information content (AvgIpc) is 3.34. The average molecular weight is 512 g/mol. The van der Waals surface area contributed by atoms with Crippen molar-refractivity contribution in [3.05, 3.63) is 95.7 Å². The van der Waals surface area contributed by atoms with Crippen LogP contribution in [0, 0.1) is 5.92 Å². The second-order valence-electron chi connectivity index (χ2n) is 9.11. The van der Waals surface area contributed by atoms with Crippen molar-refractivity contribution >= 4 is 40.0 Å². The van der Waals surface area contributed by atoms with Crippen molar-refractivity contribution in [3.63, 3.8) is 0 Å². The molecule has 37 heavy (non-hydrogen) atoms. The van der Waals surface area contributed by atoms with Crippen LogP contribution in [-0.4, -0.2) is 44.8 Å². The number of nitrogens with zero attached hydrogens (tertiary/aromatic N) is 3. The van der Waals surface area contributed by atoms with Gasteiger partial charge in [-0.05, 0) is 49.1 Å². The molecule has 3 heterocycles. The molecule has 0 unspecified atom stereocenters. The number of para-hydroxylation sites is 1. The number of nitrogens with one attached hydrogen (secondary N) is 2. The Labute approximate surface area is 219 Å². The summed E-state index contributed by atoms with van der Waals surface area (Å²) < 4.78 is 0. The predicted molar refractivity (Wildman–Crippen MR) is 145 cm³/mol. The first-order chi connectivity index (χ1) is 18.0. The van der Waals surface area contributed by atoms with Gasteiger partial charge in [0.2, 0.25) is 0 Å². The largest absolute Gasteiger partial charge is 0.360 e. The molecule has 1 aliphatic rings. The molecule has 2 aromatic heterocycles. The van der Waals surface area contributed by atoms with Gasteiger partial charge >= 0.3 is 0 Å². The topological polar surface area (TPSA) is 91.0 Å². The summed E-state index contributed by atoms with van der Waals surface area (Å²) in [7, 11) is 0. The van der Waals surface area contributed by atoms with Crippen LogP contribution in [0.2, 0.25) is 5.02 Å². The van der Waals surface area contributed by atoms with Crippen molar-refractivity contribution in [1.29, 1.82) is 0 Å². The van der Waals surface area contributed by atoms with Gasteiger partial charge in [-0.1, -0.05) is 36.4 Å². The number of H-pyrrole nitrogens is 1. The number of aromatic nitrogens is 3. The highest BCUT2D eigenvalue weighted by atomic mass is 35.5. The van der Waals surface area contributed by atoms with E-state index < -0.39 is 0 Å². The molecule has 5 rings (SSSR count). The summed E-state index contributed by atoms with van der Waals surface area (Å²) in [6.45, 7) is 4.73. The number of halogens is 1. The predicted octanol–water partition coefficient (Wildman–Crippen LogP) is 5.65. The molecule has 4 aromatic rings. The van der Waals surface area contributed by atoms with Crippen LogP contribution >= 0.6 is 11.6 Å². The van der Waals surface area contributed by atoms with Gasteiger partial charge in [-0.3, -0.25) is 9.59 Å². The standard InChI is InChI=1S/C29H26ClN5O2/c1-2-6-27(36)33-21-12-10-20(11-13-21)29(37)35-14-5-7-19(18-35)15-26-32-17-24(30)28(34-26)23-16-31-25-9-4-3-8-22(23)25/h3-4,6,8-13,16-17,19,31H,1,5,7,14-15,18H2,(H,33,36)/t19-/m0/s1. The van der Waals surface area contributed by atoms with Crippen LogP contribution < -0.4 is 5.32 Å². The van der Waals surface area contributed by atoms with Gasteiger partial charge in [0, 0.05) is 65.7 Å². The van der Waals surface area contributed by atoms with E-state index in [9.17, 15) is 9.59 Å². The van der Waals surface area contributed by atoms with Gasteiger partial charge in [-0.2, -0.15) is 0 Å². The number of benzene rings is 2. The van der Waals surface area contributed by atoms with Crippen molar-refractivity contribution in [2.24, 2.45) is 5.92 Å². The van der Waals surface area contributed by atoms with Crippen LogP contribution in [0.4, 0.5) is 5.69 Å². The molecule has 8 heteroatoms. The Morgan fingerprint density at radius 1 is 1.22 bits per heavy atom. The second-order valence-corrected chi connectivity index (χ2v) is 9.52. The van der Waals surface area contributed by atoms with Gasteiger partial charge in [0.1, 0.15) is 5.82 Å². The number of rotatable bonds is 6. The highest BCUT2D eigenvalue weighted by Gasteiger charge is 2.26. The van der Waals surface area contributed by atoms with Crippen LogP contribution in [0.5, 0.6) is 0 Å². The number of fused-ring (bicyclic) bond motifs is 1. The van der Waals surface area contributed by atoms with E-state index in [1.165, 1.54) is 6.08 Å². The van der Waals surface area contributed by atoms with Crippen LogP contribution in [-0.2, 0) is 11.2 Å². The Balaban J connectivity index is 1.27. The molecule has 1 fully saturated rings. The molecule has 2 amide bonds. The van der Waals surface area contributed by atoms with E-state index in [0.717, 1.165) is 35.1 Å². The van der Waals surface area contributed by atoms with E-state index in [1.54, 1.807) is 30.5 Å². The molecule has 0 saturated carbocycles. The first-order valence-electron chi connectivity index (χ1n) is 12.2. The smallest absolute Gasteiger partial charge is 0.256 e. The molecule has 1 aliphatic heterocycles. The minimum Gasteiger partial charge on any atom is -0.360 e. The summed E-state index contributed by atoms with van der Waals surface area (Å²) in [5, 5.41) is 4.27. The van der Waals surface area contributed by atoms with Gasteiger partial charge in [0.05, 0.1) is 10.7 Å². The number of carbonyl (C=O) groups excluding carboxylic acids is 2. The fourth-order valence-electron chi connectivity index (χ4n) is 4.78. The third kappa shape index (κ3) is 5.48. The van der Waals surface area contributed by atoms with Crippen LogP contribution in [0.3, 0.4) is 0 Å². The first kappa shape index (κ1) is 24.5. The molecular weight excluding hydrogens is 486 g/mol. The van der Waals surface area contributed by atoms with E-state index in [0.29, 0.717) is 41.5 Å². The monoisotopic (exact) mass is 511 g/mol. The van der Waals surface area contributed by atoms with Crippen molar-refractivity contribution in [3.8, 4) is 11.3 Å². The van der Waals surface area contributed by atoms with Crippen LogP contribution in [0.15, 0.2) is 79.3 Å². The van der Waals surface area contributed by atoms with E-state index in [-0.39, 0.29) is 17.7 Å². The number of likely N-dealkylation sites (tertiary alicyclic amines) is 1. The van der Waals surface area contributed by atoms with E-state index in [4.69, 9.17) is 16.6 Å². The summed E-state index contributed by atoms with van der Waals surface area (Å²) >= 11 is 6.50. The molecule has 1 saturated heterocycles. The number of hydrogen-bond acceptors (Lipinski definition) is 4. The third-order valence-electron chi connectivity index (χ3n) is 6.55. The quantitative estimate of drug-likeness (QED) is 0.258. The Morgan fingerprint density at radius 2 is 2.03 bits per heavy atom. The van der Waals surface area contributed by atoms with E-state index in [1.807, 2.05) is 35.4 Å². The number of hydrogen-bond donors (Lipinski definition) is 2. The number of amides is 2. The molecule has 0 radical (unpaired) electrons. The molecule has 0 bridgehead atoms. The van der Waals surface area contributed by atoms with E-state index in [2.05, 4.69) is 27.6 Å². The summed E-state index contributed by atoms with van der Waals surface area (Å²) in [6, 6.07) is 14.9. The first-order valence-corrected chi connectivity index (χ1v) is 12.5. The maximum atomic E-state index is 13.2. The van der Waals surface area contributed by atoms with Crippen molar-refractivity contribution in [2.45, 2.75) is 19.3 Å². The number of carbonyl (C=O) groups is 2. The van der Waals surface area contributed by atoms with Crippen LogP contribution in [0.25, 0.3) is 22.2 Å². The lowest BCUT2D eigenvalue weighted by molar-refractivity contribution is -0.111. The highest BCUT2D eigenvalue weighted by molar-refractivity contribution is 6.33. The SMILES string of the molecule is C=C=CC(=O)Nc1ccc(C(=O)N2CCC[C@@H](Cc3ncc(Cl)c(-c4c[nH]c5ccccc45)n3)C2)cc1. The van der Waals surface area contributed by atoms with Crippen molar-refractivity contribution < 1.29 is 9.59 Å². The summed E-state index contributed by atoms with van der Waals surface area (Å²) in [5.41, 5.74) is 6.32. The van der Waals surface area contributed by atoms with Gasteiger partial charge in [-0.15, -0.1) is 5.73 Å². The minimum absolute atomic E-state index is 0.0231. The minimum atomic E-state index is -0.315. The van der Waals surface area contributed by atoms with Gasteiger partial charge in [0.15, 0.2) is 0 Å². The zero-order valence-electron chi connectivity index (χ0n) is 20.2. The lowest BCUT2D eigenvalue weighted by atomic mass is 9.94. The second kappa shape index (κ2) is 10.8. The maximum Gasteiger partial charge on any atom is 0.256 e. The number of aromatic amines is 1.